The van der Waals surface area contributed by atoms with E-state index in [1.165, 1.54) is 29.7 Å². The Labute approximate surface area is 133 Å². The highest BCUT2D eigenvalue weighted by Crippen LogP contribution is 2.36. The van der Waals surface area contributed by atoms with Crippen LogP contribution in [0.25, 0.3) is 0 Å². The minimum atomic E-state index is -0.0847. The third-order valence-electron chi connectivity index (χ3n) is 4.25. The SMILES string of the molecule is COc1ccc(CN(Cc2n[nH]c(=O)s2)[C@@H](C)C2CC2)cc1. The van der Waals surface area contributed by atoms with Crippen molar-refractivity contribution >= 4 is 11.3 Å². The lowest BCUT2D eigenvalue weighted by molar-refractivity contribution is 0.171. The number of H-pyrrole nitrogens is 1. The monoisotopic (exact) mass is 319 g/mol. The Hall–Kier alpha value is -1.66. The molecule has 0 unspecified atom stereocenters. The summed E-state index contributed by atoms with van der Waals surface area (Å²) in [5, 5.41) is 7.47. The number of hydrogen-bond donors (Lipinski definition) is 1. The second-order valence-corrected chi connectivity index (χ2v) is 6.88. The number of rotatable bonds is 7. The molecule has 22 heavy (non-hydrogen) atoms. The minimum absolute atomic E-state index is 0.0847. The van der Waals surface area contributed by atoms with E-state index in [9.17, 15) is 4.79 Å². The van der Waals surface area contributed by atoms with Gasteiger partial charge in [0.15, 0.2) is 0 Å². The first kappa shape index (κ1) is 15.2. The number of nitrogens with zero attached hydrogens (tertiary/aromatic N) is 2. The number of methoxy groups -OCH3 is 1. The van der Waals surface area contributed by atoms with E-state index < -0.39 is 0 Å². The van der Waals surface area contributed by atoms with Crippen LogP contribution in [-0.4, -0.2) is 28.2 Å². The number of hydrogen-bond acceptors (Lipinski definition) is 5. The van der Waals surface area contributed by atoms with Gasteiger partial charge < -0.3 is 4.74 Å². The Balaban J connectivity index is 1.73. The standard InChI is InChI=1S/C16H21N3O2S/c1-11(13-5-6-13)19(10-15-17-18-16(20)22-15)9-12-3-7-14(21-2)8-4-12/h3-4,7-8,11,13H,5-6,9-10H2,1-2H3,(H,18,20)/t11-/m0/s1. The van der Waals surface area contributed by atoms with Crippen LogP contribution in [-0.2, 0) is 13.1 Å². The van der Waals surface area contributed by atoms with E-state index in [4.69, 9.17) is 4.74 Å². The van der Waals surface area contributed by atoms with Crippen LogP contribution in [0.15, 0.2) is 29.1 Å². The topological polar surface area (TPSA) is 58.2 Å². The molecule has 5 nitrogen and oxygen atoms in total. The van der Waals surface area contributed by atoms with Crippen LogP contribution < -0.4 is 9.61 Å². The summed E-state index contributed by atoms with van der Waals surface area (Å²) < 4.78 is 5.21. The van der Waals surface area contributed by atoms with Crippen molar-refractivity contribution in [2.75, 3.05) is 7.11 Å². The van der Waals surface area contributed by atoms with Gasteiger partial charge in [0.05, 0.1) is 13.7 Å². The zero-order chi connectivity index (χ0) is 15.5. The van der Waals surface area contributed by atoms with E-state index >= 15 is 0 Å². The molecule has 0 spiro atoms. The van der Waals surface area contributed by atoms with Gasteiger partial charge in [0.1, 0.15) is 10.8 Å². The predicted octanol–water partition coefficient (Wildman–Crippen LogP) is 2.64. The fourth-order valence-corrected chi connectivity index (χ4v) is 3.32. The number of aromatic amines is 1. The Morgan fingerprint density at radius 1 is 1.36 bits per heavy atom. The number of ether oxygens (including phenoxy) is 1. The first-order valence-electron chi connectivity index (χ1n) is 7.57. The highest BCUT2D eigenvalue weighted by Gasteiger charge is 2.32. The summed E-state index contributed by atoms with van der Waals surface area (Å²) in [6.45, 7) is 3.85. The van der Waals surface area contributed by atoms with Crippen molar-refractivity contribution in [3.8, 4) is 5.75 Å². The summed E-state index contributed by atoms with van der Waals surface area (Å²) in [5.74, 6) is 1.64. The summed E-state index contributed by atoms with van der Waals surface area (Å²) >= 11 is 1.20. The van der Waals surface area contributed by atoms with Crippen LogP contribution in [0, 0.1) is 5.92 Å². The van der Waals surface area contributed by atoms with Crippen molar-refractivity contribution in [2.24, 2.45) is 5.92 Å². The van der Waals surface area contributed by atoms with Crippen LogP contribution in [0.2, 0.25) is 0 Å². The molecule has 0 aliphatic heterocycles. The fourth-order valence-electron chi connectivity index (χ4n) is 2.69. The highest BCUT2D eigenvalue weighted by atomic mass is 32.1. The molecular formula is C16H21N3O2S. The Morgan fingerprint density at radius 3 is 2.64 bits per heavy atom. The average molecular weight is 319 g/mol. The maximum Gasteiger partial charge on any atom is 0.322 e. The van der Waals surface area contributed by atoms with Gasteiger partial charge in [0.25, 0.3) is 0 Å². The van der Waals surface area contributed by atoms with Crippen molar-refractivity contribution in [2.45, 2.75) is 38.9 Å². The molecule has 1 heterocycles. The van der Waals surface area contributed by atoms with E-state index in [0.717, 1.165) is 23.2 Å². The van der Waals surface area contributed by atoms with Crippen molar-refractivity contribution in [1.82, 2.24) is 15.1 Å². The summed E-state index contributed by atoms with van der Waals surface area (Å²) in [6.07, 6.45) is 2.61. The Morgan fingerprint density at radius 2 is 2.09 bits per heavy atom. The fraction of sp³-hybridized carbons (Fsp3) is 0.500. The van der Waals surface area contributed by atoms with Crippen molar-refractivity contribution < 1.29 is 4.74 Å². The van der Waals surface area contributed by atoms with Crippen molar-refractivity contribution in [1.29, 1.82) is 0 Å². The van der Waals surface area contributed by atoms with Gasteiger partial charge in [0.2, 0.25) is 0 Å². The lowest BCUT2D eigenvalue weighted by atomic mass is 10.1. The summed E-state index contributed by atoms with van der Waals surface area (Å²) in [5.41, 5.74) is 1.25. The van der Waals surface area contributed by atoms with Gasteiger partial charge >= 0.3 is 4.87 Å². The van der Waals surface area contributed by atoms with E-state index in [-0.39, 0.29) is 4.87 Å². The van der Waals surface area contributed by atoms with Crippen molar-refractivity contribution in [3.05, 3.63) is 44.5 Å². The van der Waals surface area contributed by atoms with Gasteiger partial charge in [-0.05, 0) is 43.4 Å². The molecule has 1 aromatic heterocycles. The molecule has 1 aromatic carbocycles. The van der Waals surface area contributed by atoms with E-state index in [1.807, 2.05) is 12.1 Å². The third-order valence-corrected chi connectivity index (χ3v) is 4.98. The van der Waals surface area contributed by atoms with Gasteiger partial charge in [-0.2, -0.15) is 5.10 Å². The maximum atomic E-state index is 11.3. The van der Waals surface area contributed by atoms with Crippen LogP contribution in [0.4, 0.5) is 0 Å². The van der Waals surface area contributed by atoms with Gasteiger partial charge in [0, 0.05) is 12.6 Å². The largest absolute Gasteiger partial charge is 0.497 e. The smallest absolute Gasteiger partial charge is 0.322 e. The van der Waals surface area contributed by atoms with Gasteiger partial charge in [-0.25, -0.2) is 5.10 Å². The number of aromatic nitrogens is 2. The molecule has 1 saturated carbocycles. The minimum Gasteiger partial charge on any atom is -0.497 e. The Kier molecular flexibility index (Phi) is 4.59. The number of benzene rings is 1. The molecule has 0 bridgehead atoms. The van der Waals surface area contributed by atoms with E-state index in [2.05, 4.69) is 34.2 Å². The molecule has 3 rings (SSSR count). The second kappa shape index (κ2) is 6.62. The third kappa shape index (κ3) is 3.75. The quantitative estimate of drug-likeness (QED) is 0.852. The van der Waals surface area contributed by atoms with Crippen LogP contribution in [0.3, 0.4) is 0 Å². The molecule has 2 aromatic rings. The molecule has 1 aliphatic carbocycles. The molecule has 0 amide bonds. The predicted molar refractivity (Wildman–Crippen MR) is 87.2 cm³/mol. The summed E-state index contributed by atoms with van der Waals surface area (Å²) in [4.78, 5) is 13.6. The van der Waals surface area contributed by atoms with Gasteiger partial charge in [-0.1, -0.05) is 23.5 Å². The first-order valence-corrected chi connectivity index (χ1v) is 8.38. The lowest BCUT2D eigenvalue weighted by Crippen LogP contribution is -2.33. The van der Waals surface area contributed by atoms with E-state index in [1.54, 1.807) is 7.11 Å². The molecule has 1 fully saturated rings. The molecule has 118 valence electrons. The molecule has 6 heteroatoms. The molecule has 1 atom stereocenters. The first-order chi connectivity index (χ1) is 10.7. The zero-order valence-corrected chi connectivity index (χ0v) is 13.7. The molecular weight excluding hydrogens is 298 g/mol. The molecule has 1 N–H and O–H groups in total. The van der Waals surface area contributed by atoms with Gasteiger partial charge in [-0.3, -0.25) is 9.69 Å². The second-order valence-electron chi connectivity index (χ2n) is 5.84. The van der Waals surface area contributed by atoms with Crippen molar-refractivity contribution in [3.63, 3.8) is 0 Å². The highest BCUT2D eigenvalue weighted by molar-refractivity contribution is 7.08. The van der Waals surface area contributed by atoms with Crippen LogP contribution >= 0.6 is 11.3 Å². The van der Waals surface area contributed by atoms with E-state index in [0.29, 0.717) is 12.6 Å². The molecule has 0 radical (unpaired) electrons. The molecule has 1 aliphatic rings. The lowest BCUT2D eigenvalue weighted by Gasteiger charge is -2.28. The van der Waals surface area contributed by atoms with Crippen LogP contribution in [0.1, 0.15) is 30.3 Å². The number of nitrogens with one attached hydrogen (secondary N) is 1. The van der Waals surface area contributed by atoms with Crippen LogP contribution in [0.5, 0.6) is 5.75 Å². The zero-order valence-electron chi connectivity index (χ0n) is 12.9. The average Bonchev–Trinajstić information content (AvgIpc) is 3.30. The summed E-state index contributed by atoms with van der Waals surface area (Å²) in [7, 11) is 1.68. The summed E-state index contributed by atoms with van der Waals surface area (Å²) in [6, 6.07) is 8.67. The van der Waals surface area contributed by atoms with Gasteiger partial charge in [-0.15, -0.1) is 0 Å². The Bertz CT molecular complexity index is 661. The maximum absolute atomic E-state index is 11.3. The normalized spacial score (nSPS) is 16.0. The molecule has 0 saturated heterocycles.